The van der Waals surface area contributed by atoms with E-state index in [1.807, 2.05) is 31.2 Å². The minimum absolute atomic E-state index is 0.00703. The van der Waals surface area contributed by atoms with Gasteiger partial charge in [0, 0.05) is 79.6 Å². The first kappa shape index (κ1) is 67.6. The number of likely N-dealkylation sites (tertiary alicyclic amines) is 1. The maximum atomic E-state index is 15.6. The Balaban J connectivity index is 0.826. The fraction of sp³-hybridized carbons (Fsp3) is 0.458. The number of ether oxygens (including phenoxy) is 5. The number of H-pyrrole nitrogens is 1. The van der Waals surface area contributed by atoms with Crippen LogP contribution in [0.1, 0.15) is 73.8 Å². The number of benzene rings is 2. The summed E-state index contributed by atoms with van der Waals surface area (Å²) >= 11 is 1.51. The molecule has 6 aromatic rings. The van der Waals surface area contributed by atoms with Crippen molar-refractivity contribution in [2.75, 3.05) is 70.1 Å². The number of hydrogen-bond donors (Lipinski definition) is 4. The van der Waals surface area contributed by atoms with E-state index in [0.29, 0.717) is 38.9 Å². The number of pyridine rings is 2. The number of carbonyl (C=O) groups excluding carboxylic acids is 5. The number of anilines is 2. The van der Waals surface area contributed by atoms with Crippen molar-refractivity contribution >= 4 is 93.0 Å². The van der Waals surface area contributed by atoms with Crippen molar-refractivity contribution in [3.05, 3.63) is 117 Å². The van der Waals surface area contributed by atoms with Crippen molar-refractivity contribution < 1.29 is 73.3 Å². The van der Waals surface area contributed by atoms with Crippen molar-refractivity contribution in [3.63, 3.8) is 0 Å². The van der Waals surface area contributed by atoms with Crippen LogP contribution in [0.4, 0.5) is 25.1 Å². The monoisotopic (exact) mass is 1310 g/mol. The topological polar surface area (TPSA) is 306 Å². The largest absolute Gasteiger partial charge is 0.508 e. The number of aromatic nitrogens is 4. The maximum Gasteiger partial charge on any atom is 0.508 e. The van der Waals surface area contributed by atoms with Crippen LogP contribution in [0.5, 0.6) is 0 Å². The van der Waals surface area contributed by atoms with Crippen LogP contribution >= 0.6 is 22.1 Å². The van der Waals surface area contributed by atoms with E-state index in [9.17, 15) is 50.0 Å². The lowest BCUT2D eigenvalue weighted by Crippen LogP contribution is -2.58. The molecule has 0 spiro atoms. The van der Waals surface area contributed by atoms with E-state index < -0.39 is 107 Å². The van der Waals surface area contributed by atoms with Gasteiger partial charge >= 0.3 is 6.16 Å². The molecule has 2 aliphatic rings. The zero-order valence-corrected chi connectivity index (χ0v) is 53.7. The molecule has 0 saturated carbocycles. The Morgan fingerprint density at radius 2 is 1.62 bits per heavy atom. The molecule has 89 heavy (non-hydrogen) atoms. The highest BCUT2D eigenvalue weighted by atomic mass is 33.1. The van der Waals surface area contributed by atoms with Gasteiger partial charge in [-0.25, -0.2) is 40.4 Å². The predicted molar refractivity (Wildman–Crippen MR) is 331 cm³/mol. The molecule has 2 unspecified atom stereocenters. The van der Waals surface area contributed by atoms with E-state index in [-0.39, 0.29) is 99.3 Å². The van der Waals surface area contributed by atoms with Crippen molar-refractivity contribution in [1.29, 1.82) is 0 Å². The Morgan fingerprint density at radius 1 is 0.921 bits per heavy atom. The summed E-state index contributed by atoms with van der Waals surface area (Å²) in [6, 6.07) is 8.89. The van der Waals surface area contributed by atoms with Gasteiger partial charge in [0.15, 0.2) is 30.3 Å². The van der Waals surface area contributed by atoms with Gasteiger partial charge in [-0.15, -0.1) is 11.3 Å². The quantitative estimate of drug-likeness (QED) is 0.0273. The molecule has 480 valence electrons. The van der Waals surface area contributed by atoms with E-state index in [1.54, 1.807) is 52.6 Å². The first-order chi connectivity index (χ1) is 42.0. The van der Waals surface area contributed by atoms with Gasteiger partial charge < -0.3 is 59.0 Å². The van der Waals surface area contributed by atoms with Gasteiger partial charge in [0.1, 0.15) is 42.2 Å². The molecule has 2 aromatic carbocycles. The summed E-state index contributed by atoms with van der Waals surface area (Å²) in [6.45, 7) is 9.74. The Labute approximate surface area is 521 Å². The van der Waals surface area contributed by atoms with Crippen molar-refractivity contribution in [3.8, 4) is 21.6 Å². The van der Waals surface area contributed by atoms with Gasteiger partial charge in [0.05, 0.1) is 85.1 Å². The molecule has 24 nitrogen and oxygen atoms in total. The van der Waals surface area contributed by atoms with Crippen LogP contribution < -0.4 is 26.4 Å². The van der Waals surface area contributed by atoms with E-state index in [2.05, 4.69) is 30.9 Å². The van der Waals surface area contributed by atoms with Crippen LogP contribution in [0.25, 0.3) is 32.5 Å². The van der Waals surface area contributed by atoms with Crippen LogP contribution in [0, 0.1) is 24.0 Å². The summed E-state index contributed by atoms with van der Waals surface area (Å²) in [5.41, 5.74) is 5.17. The van der Waals surface area contributed by atoms with E-state index in [0.717, 1.165) is 40.4 Å². The molecular weight excluding hydrogens is 1240 g/mol. The summed E-state index contributed by atoms with van der Waals surface area (Å²) in [7, 11) is -5.03. The zero-order valence-electron chi connectivity index (χ0n) is 50.5. The third-order valence-corrected chi connectivity index (χ3v) is 19.5. The number of fused-ring (bicyclic) bond motifs is 2. The highest BCUT2D eigenvalue weighted by Gasteiger charge is 2.46. The summed E-state index contributed by atoms with van der Waals surface area (Å²) < 4.78 is 108. The molecule has 4 N–H and O–H groups in total. The summed E-state index contributed by atoms with van der Waals surface area (Å²) in [6.07, 6.45) is 2.97. The van der Waals surface area contributed by atoms with Crippen LogP contribution in [0.15, 0.2) is 71.4 Å². The maximum absolute atomic E-state index is 15.6. The molecule has 6 heterocycles. The molecule has 4 amide bonds. The number of aromatic amines is 1. The first-order valence-corrected chi connectivity index (χ1v) is 34.5. The normalized spacial score (nSPS) is 16.1. The minimum Gasteiger partial charge on any atom is -0.430 e. The predicted octanol–water partition coefficient (Wildman–Crippen LogP) is 6.05. The fourth-order valence-corrected chi connectivity index (χ4v) is 14.8. The Hall–Kier alpha value is -7.35. The molecule has 0 aliphatic carbocycles. The fourth-order valence-electron chi connectivity index (χ4n) is 10.3. The molecule has 4 aromatic heterocycles. The van der Waals surface area contributed by atoms with E-state index in [4.69, 9.17) is 23.7 Å². The lowest BCUT2D eigenvalue weighted by atomic mass is 9.85. The average Bonchev–Trinajstić information content (AvgIpc) is 1.71. The third kappa shape index (κ3) is 17.3. The Morgan fingerprint density at radius 3 is 2.27 bits per heavy atom. The average molecular weight is 1310 g/mol. The second kappa shape index (κ2) is 28.6. The molecule has 5 atom stereocenters. The van der Waals surface area contributed by atoms with Gasteiger partial charge in [-0.2, -0.15) is 0 Å². The smallest absolute Gasteiger partial charge is 0.430 e. The van der Waals surface area contributed by atoms with Crippen molar-refractivity contribution in [2.45, 2.75) is 96.3 Å². The molecule has 0 radical (unpaired) electrons. The summed E-state index contributed by atoms with van der Waals surface area (Å²) in [5.74, 6) is -5.20. The number of carbonyl (C=O) groups is 5. The first-order valence-electron chi connectivity index (χ1n) is 28.2. The number of amides is 4. The zero-order chi connectivity index (χ0) is 64.7. The van der Waals surface area contributed by atoms with Gasteiger partial charge in [0.2, 0.25) is 17.7 Å². The number of sulfone groups is 1. The number of hydrogen-bond acceptors (Lipinski definition) is 20. The van der Waals surface area contributed by atoms with E-state index in [1.165, 1.54) is 44.8 Å². The number of rotatable bonds is 26. The Kier molecular flexibility index (Phi) is 21.7. The molecule has 1 fully saturated rings. The van der Waals surface area contributed by atoms with Gasteiger partial charge in [0.25, 0.3) is 11.5 Å². The third-order valence-electron chi connectivity index (χ3n) is 14.7. The molecule has 2 aliphatic heterocycles. The highest BCUT2D eigenvalue weighted by molar-refractivity contribution is 8.72. The van der Waals surface area contributed by atoms with Gasteiger partial charge in [-0.1, -0.05) is 45.0 Å². The number of nitrogens with one attached hydrogen (secondary N) is 4. The highest BCUT2D eigenvalue weighted by Crippen LogP contribution is 2.45. The molecular formula is C59H71F2N9O15S4. The van der Waals surface area contributed by atoms with Gasteiger partial charge in [-0.05, 0) is 71.4 Å². The van der Waals surface area contributed by atoms with E-state index >= 15 is 4.39 Å². The Bertz CT molecular complexity index is 3910. The summed E-state index contributed by atoms with van der Waals surface area (Å²) in [5, 5.41) is 8.26. The molecule has 8 rings (SSSR count). The second-order valence-corrected chi connectivity index (χ2v) is 30.5. The molecule has 1 saturated heterocycles. The molecule has 30 heteroatoms. The standard InChI is InChI=1S/C59H71F2N9O15S4/c1-33-51(86-32-66-33)37-12-10-36(11-13-37)24-65-55(73)47-22-41(85-58(76)84-34(2)35(3)87-89(9,79)80)28-70(47)57(75)52(59(4,5)6)67-48(71)30-83-19-18-82-17-16-81-15-14-62-54(72)42-23-46-43(20-38(42)31-88(8,77)78)44-29-68(7)56(74)50-49(44)39(25-63-50)27-69(46)53-45(61)21-40(60)26-64-53/h10-13,20-21,23,25-26,29,32,34-35,41,47,52,63H,14-19,22,24,27-28,30-31H2,1-9H3,(H,62,72)(H,65,73)(H,67,71)/t34?,35?,41-,47+,52-/m1/s1. The number of aryl methyl sites for hydroxylation is 2. The second-order valence-electron chi connectivity index (χ2n) is 22.8. The SMILES string of the molecule is Cc1ncsc1-c1ccc(CNC(=O)[C@@H]2C[C@@H](OC(=O)OC(C)C(C)SS(C)(=O)=O)CN2C(=O)[C@@H](NC(=O)COCCOCCOCCNC(=O)c2cc3c(cc2CS(C)(=O)=O)-c2cn(C)c(=O)c4[nH]cc(c24)CN3c2ncc(F)cc2F)C(C)(C)C)cc1. The van der Waals surface area contributed by atoms with Crippen LogP contribution in [-0.2, 0) is 82.7 Å². The number of halogens is 2. The van der Waals surface area contributed by atoms with Gasteiger partial charge in [-0.3, -0.25) is 24.0 Å². The lowest BCUT2D eigenvalue weighted by Gasteiger charge is -2.35. The molecule has 0 bridgehead atoms. The lowest BCUT2D eigenvalue weighted by molar-refractivity contribution is -0.144. The van der Waals surface area contributed by atoms with Crippen LogP contribution in [-0.4, -0.2) is 166 Å². The van der Waals surface area contributed by atoms with Crippen LogP contribution in [0.3, 0.4) is 0 Å². The summed E-state index contributed by atoms with van der Waals surface area (Å²) in [4.78, 5) is 97.3. The minimum atomic E-state index is -3.74. The van der Waals surface area contributed by atoms with Crippen LogP contribution in [0.2, 0.25) is 0 Å². The van der Waals surface area contributed by atoms with Crippen molar-refractivity contribution in [2.24, 2.45) is 12.5 Å². The number of thiazole rings is 1. The van der Waals surface area contributed by atoms with Crippen molar-refractivity contribution in [1.82, 2.24) is 40.4 Å². The number of nitrogens with zero attached hydrogens (tertiary/aromatic N) is 5.